The zero-order valence-corrected chi connectivity index (χ0v) is 14.7. The summed E-state index contributed by atoms with van der Waals surface area (Å²) in [5.41, 5.74) is 3.00. The van der Waals surface area contributed by atoms with Gasteiger partial charge in [0.1, 0.15) is 0 Å². The van der Waals surface area contributed by atoms with Crippen LogP contribution in [0.25, 0.3) is 5.65 Å². The summed E-state index contributed by atoms with van der Waals surface area (Å²) in [6, 6.07) is 5.70. The molecule has 26 heavy (non-hydrogen) atoms. The van der Waals surface area contributed by atoms with Crippen molar-refractivity contribution in [1.82, 2.24) is 29.4 Å². The molecule has 7 heteroatoms. The van der Waals surface area contributed by atoms with Gasteiger partial charge < -0.3 is 4.90 Å². The van der Waals surface area contributed by atoms with Gasteiger partial charge in [-0.15, -0.1) is 0 Å². The Morgan fingerprint density at radius 3 is 2.92 bits per heavy atom. The molecule has 1 amide bonds. The highest BCUT2D eigenvalue weighted by atomic mass is 16.2. The highest BCUT2D eigenvalue weighted by molar-refractivity contribution is 5.78. The van der Waals surface area contributed by atoms with Gasteiger partial charge in [-0.1, -0.05) is 6.07 Å². The van der Waals surface area contributed by atoms with E-state index in [0.717, 1.165) is 55.9 Å². The first-order valence-corrected chi connectivity index (χ1v) is 8.96. The van der Waals surface area contributed by atoms with Crippen LogP contribution in [-0.2, 0) is 17.8 Å². The van der Waals surface area contributed by atoms with E-state index in [2.05, 4.69) is 20.0 Å². The minimum absolute atomic E-state index is 0.178. The molecule has 134 valence electrons. The lowest BCUT2D eigenvalue weighted by atomic mass is 10.2. The molecule has 1 aliphatic rings. The van der Waals surface area contributed by atoms with Crippen molar-refractivity contribution in [2.24, 2.45) is 0 Å². The van der Waals surface area contributed by atoms with E-state index < -0.39 is 0 Å². The Bertz CT molecular complexity index is 878. The molecule has 3 aromatic heterocycles. The van der Waals surface area contributed by atoms with E-state index >= 15 is 0 Å². The number of rotatable bonds is 4. The number of carbonyl (C=O) groups excluding carboxylic acids is 1. The largest absolute Gasteiger partial charge is 0.341 e. The van der Waals surface area contributed by atoms with Gasteiger partial charge in [-0.2, -0.15) is 5.10 Å². The Morgan fingerprint density at radius 2 is 2.04 bits per heavy atom. The predicted molar refractivity (Wildman–Crippen MR) is 97.4 cm³/mol. The molecule has 1 saturated heterocycles. The zero-order valence-electron chi connectivity index (χ0n) is 14.7. The molecule has 0 unspecified atom stereocenters. The van der Waals surface area contributed by atoms with Crippen LogP contribution < -0.4 is 0 Å². The minimum atomic E-state index is 0.178. The molecule has 0 atom stereocenters. The van der Waals surface area contributed by atoms with Crippen molar-refractivity contribution >= 4 is 11.6 Å². The van der Waals surface area contributed by atoms with Gasteiger partial charge in [-0.25, -0.2) is 9.50 Å². The first kappa shape index (κ1) is 16.7. The van der Waals surface area contributed by atoms with Gasteiger partial charge in [0, 0.05) is 63.1 Å². The van der Waals surface area contributed by atoms with Gasteiger partial charge in [0.15, 0.2) is 5.65 Å². The van der Waals surface area contributed by atoms with Gasteiger partial charge in [0.25, 0.3) is 0 Å². The topological polar surface area (TPSA) is 66.6 Å². The molecule has 0 bridgehead atoms. The third-order valence-electron chi connectivity index (χ3n) is 4.77. The normalized spacial score (nSPS) is 15.9. The first-order chi connectivity index (χ1) is 12.8. The van der Waals surface area contributed by atoms with Crippen molar-refractivity contribution in [3.05, 3.63) is 60.3 Å². The summed E-state index contributed by atoms with van der Waals surface area (Å²) in [4.78, 5) is 25.4. The summed E-state index contributed by atoms with van der Waals surface area (Å²) in [6.45, 7) is 4.21. The van der Waals surface area contributed by atoms with Crippen molar-refractivity contribution in [3.8, 4) is 0 Å². The monoisotopic (exact) mass is 350 g/mol. The fourth-order valence-electron chi connectivity index (χ4n) is 3.40. The molecule has 3 aromatic rings. The molecule has 1 fully saturated rings. The van der Waals surface area contributed by atoms with Crippen LogP contribution in [0.1, 0.15) is 17.5 Å². The zero-order chi connectivity index (χ0) is 17.8. The molecule has 1 aliphatic heterocycles. The predicted octanol–water partition coefficient (Wildman–Crippen LogP) is 1.40. The Kier molecular flexibility index (Phi) is 4.88. The van der Waals surface area contributed by atoms with Crippen molar-refractivity contribution in [3.63, 3.8) is 0 Å². The van der Waals surface area contributed by atoms with Crippen molar-refractivity contribution < 1.29 is 4.79 Å². The second kappa shape index (κ2) is 7.61. The van der Waals surface area contributed by atoms with Crippen molar-refractivity contribution in [2.75, 3.05) is 26.2 Å². The van der Waals surface area contributed by atoms with E-state index in [-0.39, 0.29) is 5.91 Å². The fourth-order valence-corrected chi connectivity index (χ4v) is 3.40. The fraction of sp³-hybridized carbons (Fsp3) is 0.368. The van der Waals surface area contributed by atoms with Crippen LogP contribution in [0.2, 0.25) is 0 Å². The lowest BCUT2D eigenvalue weighted by Gasteiger charge is -2.21. The number of carbonyl (C=O) groups is 1. The third kappa shape index (κ3) is 3.72. The quantitative estimate of drug-likeness (QED) is 0.712. The van der Waals surface area contributed by atoms with E-state index in [9.17, 15) is 4.79 Å². The Balaban J connectivity index is 1.36. The van der Waals surface area contributed by atoms with E-state index in [4.69, 9.17) is 0 Å². The summed E-state index contributed by atoms with van der Waals surface area (Å²) in [5, 5.41) is 4.35. The summed E-state index contributed by atoms with van der Waals surface area (Å²) in [5.74, 6) is 0.178. The molecular weight excluding hydrogens is 328 g/mol. The summed E-state index contributed by atoms with van der Waals surface area (Å²) in [6.07, 6.45) is 10.5. The standard InChI is InChI=1S/C19H22N6O/c26-18(12-16-4-1-5-20-13-16)24-8-3-7-23(10-11-24)15-17-14-22-25-9-2-6-21-19(17)25/h1-2,4-6,9,13-14H,3,7-8,10-12,15H2. The van der Waals surface area contributed by atoms with Crippen molar-refractivity contribution in [1.29, 1.82) is 0 Å². The van der Waals surface area contributed by atoms with Gasteiger partial charge >= 0.3 is 0 Å². The molecule has 7 nitrogen and oxygen atoms in total. The molecule has 0 radical (unpaired) electrons. The van der Waals surface area contributed by atoms with Gasteiger partial charge in [-0.05, 0) is 24.1 Å². The van der Waals surface area contributed by atoms with Crippen LogP contribution in [0, 0.1) is 0 Å². The van der Waals surface area contributed by atoms with Gasteiger partial charge in [-0.3, -0.25) is 14.7 Å². The molecule has 0 aliphatic carbocycles. The summed E-state index contributed by atoms with van der Waals surface area (Å²) < 4.78 is 1.80. The second-order valence-electron chi connectivity index (χ2n) is 6.61. The molecule has 0 aromatic carbocycles. The van der Waals surface area contributed by atoms with Gasteiger partial charge in [0.2, 0.25) is 5.91 Å². The summed E-state index contributed by atoms with van der Waals surface area (Å²) >= 11 is 0. The van der Waals surface area contributed by atoms with Gasteiger partial charge in [0.05, 0.1) is 12.6 Å². The van der Waals surface area contributed by atoms with E-state index in [1.54, 1.807) is 23.1 Å². The smallest absolute Gasteiger partial charge is 0.227 e. The maximum absolute atomic E-state index is 12.6. The van der Waals surface area contributed by atoms with E-state index in [1.807, 2.05) is 35.5 Å². The lowest BCUT2D eigenvalue weighted by molar-refractivity contribution is -0.130. The van der Waals surface area contributed by atoms with Crippen LogP contribution in [0.3, 0.4) is 0 Å². The van der Waals surface area contributed by atoms with Crippen LogP contribution in [0.5, 0.6) is 0 Å². The third-order valence-corrected chi connectivity index (χ3v) is 4.77. The number of hydrogen-bond acceptors (Lipinski definition) is 5. The van der Waals surface area contributed by atoms with Crippen LogP contribution in [0.4, 0.5) is 0 Å². The number of pyridine rings is 1. The number of nitrogens with zero attached hydrogens (tertiary/aromatic N) is 6. The van der Waals surface area contributed by atoms with E-state index in [0.29, 0.717) is 6.42 Å². The second-order valence-corrected chi connectivity index (χ2v) is 6.61. The van der Waals surface area contributed by atoms with Crippen LogP contribution >= 0.6 is 0 Å². The summed E-state index contributed by atoms with van der Waals surface area (Å²) in [7, 11) is 0. The van der Waals surface area contributed by atoms with E-state index in [1.165, 1.54) is 0 Å². The number of hydrogen-bond donors (Lipinski definition) is 0. The average Bonchev–Trinajstić information content (AvgIpc) is 2.92. The van der Waals surface area contributed by atoms with Crippen molar-refractivity contribution in [2.45, 2.75) is 19.4 Å². The Hall–Kier alpha value is -2.80. The highest BCUT2D eigenvalue weighted by Gasteiger charge is 2.20. The molecule has 4 rings (SSSR count). The molecular formula is C19H22N6O. The number of aromatic nitrogens is 4. The maximum Gasteiger partial charge on any atom is 0.227 e. The highest BCUT2D eigenvalue weighted by Crippen LogP contribution is 2.13. The number of amides is 1. The minimum Gasteiger partial charge on any atom is -0.341 e. The Labute approximate surface area is 152 Å². The lowest BCUT2D eigenvalue weighted by Crippen LogP contribution is -2.36. The number of fused-ring (bicyclic) bond motifs is 1. The average molecular weight is 350 g/mol. The van der Waals surface area contributed by atoms with Crippen LogP contribution in [0.15, 0.2) is 49.2 Å². The first-order valence-electron chi connectivity index (χ1n) is 8.96. The molecule has 4 heterocycles. The molecule has 0 saturated carbocycles. The molecule has 0 spiro atoms. The Morgan fingerprint density at radius 1 is 1.08 bits per heavy atom. The molecule has 0 N–H and O–H groups in total. The van der Waals surface area contributed by atoms with Crippen LogP contribution in [-0.4, -0.2) is 61.5 Å². The maximum atomic E-state index is 12.6. The SMILES string of the molecule is O=C(Cc1cccnc1)N1CCCN(Cc2cnn3cccnc23)CC1.